The Morgan fingerprint density at radius 1 is 1.00 bits per heavy atom. The van der Waals surface area contributed by atoms with Gasteiger partial charge in [0.1, 0.15) is 0 Å². The average molecular weight is 387 g/mol. The largest absolute Gasteiger partial charge is 0.481 e. The van der Waals surface area contributed by atoms with Crippen molar-refractivity contribution < 1.29 is 35.8 Å². The molecule has 0 radical (unpaired) electrons. The lowest BCUT2D eigenvalue weighted by Crippen LogP contribution is -2.37. The van der Waals surface area contributed by atoms with E-state index in [1.165, 1.54) is 0 Å². The van der Waals surface area contributed by atoms with Crippen LogP contribution in [0.1, 0.15) is 25.7 Å². The van der Waals surface area contributed by atoms with Crippen LogP contribution in [0.4, 0.5) is 0 Å². The SMILES string of the molecule is C[N+]1(C)CC(CS(=O)(=O)O)C(CS(=O)(=O)CCCCCC(=O)O)C1. The van der Waals surface area contributed by atoms with Gasteiger partial charge in [-0.15, -0.1) is 0 Å². The number of carboxylic acids is 1. The molecule has 24 heavy (non-hydrogen) atoms. The van der Waals surface area contributed by atoms with Gasteiger partial charge in [0.15, 0.2) is 9.84 Å². The summed E-state index contributed by atoms with van der Waals surface area (Å²) in [6.45, 7) is 1.07. The molecule has 2 N–H and O–H groups in total. The van der Waals surface area contributed by atoms with E-state index in [4.69, 9.17) is 9.66 Å². The lowest BCUT2D eigenvalue weighted by Gasteiger charge is -2.23. The number of unbranched alkanes of at least 4 members (excludes halogenated alkanes) is 2. The highest BCUT2D eigenvalue weighted by atomic mass is 32.2. The predicted octanol–water partition coefficient (Wildman–Crippen LogP) is 0.256. The first kappa shape index (κ1) is 21.3. The normalized spacial score (nSPS) is 24.1. The highest BCUT2D eigenvalue weighted by molar-refractivity contribution is 7.91. The van der Waals surface area contributed by atoms with Crippen LogP contribution in [0.2, 0.25) is 0 Å². The van der Waals surface area contributed by atoms with Crippen LogP contribution in [0.15, 0.2) is 0 Å². The van der Waals surface area contributed by atoms with Gasteiger partial charge in [0.2, 0.25) is 0 Å². The number of quaternary nitrogens is 1. The minimum Gasteiger partial charge on any atom is -0.481 e. The molecule has 0 spiro atoms. The number of aliphatic carboxylic acids is 1. The number of rotatable bonds is 10. The third-order valence-electron chi connectivity index (χ3n) is 4.36. The molecule has 1 fully saturated rings. The maximum Gasteiger partial charge on any atom is 0.303 e. The molecule has 8 nitrogen and oxygen atoms in total. The molecule has 0 amide bonds. The molecule has 142 valence electrons. The van der Waals surface area contributed by atoms with Crippen molar-refractivity contribution in [3.05, 3.63) is 0 Å². The summed E-state index contributed by atoms with van der Waals surface area (Å²) in [5.41, 5.74) is 0. The van der Waals surface area contributed by atoms with Crippen molar-refractivity contribution in [2.75, 3.05) is 44.4 Å². The minimum absolute atomic E-state index is 0.0187. The fourth-order valence-corrected chi connectivity index (χ4v) is 6.23. The summed E-state index contributed by atoms with van der Waals surface area (Å²) >= 11 is 0. The summed E-state index contributed by atoms with van der Waals surface area (Å²) in [5, 5.41) is 8.54. The second-order valence-electron chi connectivity index (χ2n) is 7.39. The van der Waals surface area contributed by atoms with Crippen molar-refractivity contribution in [2.45, 2.75) is 25.7 Å². The topological polar surface area (TPSA) is 126 Å². The van der Waals surface area contributed by atoms with E-state index in [2.05, 4.69) is 0 Å². The zero-order chi connectivity index (χ0) is 18.6. The van der Waals surface area contributed by atoms with Crippen LogP contribution in [-0.2, 0) is 24.7 Å². The van der Waals surface area contributed by atoms with Crippen LogP contribution in [0.5, 0.6) is 0 Å². The predicted molar refractivity (Wildman–Crippen MR) is 90.0 cm³/mol. The molecule has 0 aromatic carbocycles. The number of nitrogens with zero attached hydrogens (tertiary/aromatic N) is 1. The van der Waals surface area contributed by atoms with Crippen molar-refractivity contribution in [1.82, 2.24) is 0 Å². The summed E-state index contributed by atoms with van der Waals surface area (Å²) < 4.78 is 56.5. The van der Waals surface area contributed by atoms with E-state index in [0.717, 1.165) is 0 Å². The maximum atomic E-state index is 12.3. The van der Waals surface area contributed by atoms with Gasteiger partial charge in [-0.05, 0) is 12.8 Å². The van der Waals surface area contributed by atoms with Gasteiger partial charge in [-0.25, -0.2) is 8.42 Å². The highest BCUT2D eigenvalue weighted by Crippen LogP contribution is 2.29. The fraction of sp³-hybridized carbons (Fsp3) is 0.929. The fourth-order valence-electron chi connectivity index (χ4n) is 3.47. The molecule has 1 aliphatic rings. The summed E-state index contributed by atoms with van der Waals surface area (Å²) in [4.78, 5) is 10.4. The van der Waals surface area contributed by atoms with E-state index < -0.39 is 31.7 Å². The Morgan fingerprint density at radius 3 is 2.04 bits per heavy atom. The molecule has 2 atom stereocenters. The Bertz CT molecular complexity index is 640. The standard InChI is InChI=1S/C14H27NO7S2/c1-15(2)8-12(13(9-15)11-24(20,21)22)10-23(18,19)7-5-3-4-6-14(16)17/h12-13H,3-11H2,1-2H3,(H-,16,17,20,21,22)/p+1. The lowest BCUT2D eigenvalue weighted by atomic mass is 10.0. The molecule has 0 aromatic heterocycles. The molecule has 10 heteroatoms. The van der Waals surface area contributed by atoms with E-state index in [9.17, 15) is 21.6 Å². The maximum absolute atomic E-state index is 12.3. The smallest absolute Gasteiger partial charge is 0.303 e. The Kier molecular flexibility index (Phi) is 7.21. The molecular formula is C14H28NO7S2+. The Labute approximate surface area is 144 Å². The van der Waals surface area contributed by atoms with Gasteiger partial charge in [0.05, 0.1) is 44.4 Å². The quantitative estimate of drug-likeness (QED) is 0.313. The molecule has 1 rings (SSSR count). The first-order valence-electron chi connectivity index (χ1n) is 7.99. The van der Waals surface area contributed by atoms with Crippen LogP contribution in [-0.4, -0.2) is 81.4 Å². The van der Waals surface area contributed by atoms with Crippen LogP contribution in [0, 0.1) is 11.8 Å². The van der Waals surface area contributed by atoms with Gasteiger partial charge in [0, 0.05) is 18.3 Å². The first-order chi connectivity index (χ1) is 10.8. The second kappa shape index (κ2) is 8.11. The Hall–Kier alpha value is -0.710. The number of hydrogen-bond acceptors (Lipinski definition) is 5. The van der Waals surface area contributed by atoms with E-state index in [0.29, 0.717) is 36.8 Å². The zero-order valence-corrected chi connectivity index (χ0v) is 15.9. The molecule has 1 heterocycles. The molecule has 0 bridgehead atoms. The third-order valence-corrected chi connectivity index (χ3v) is 7.06. The molecule has 1 saturated heterocycles. The van der Waals surface area contributed by atoms with Gasteiger partial charge in [0.25, 0.3) is 10.1 Å². The first-order valence-corrected chi connectivity index (χ1v) is 11.4. The zero-order valence-electron chi connectivity index (χ0n) is 14.2. The van der Waals surface area contributed by atoms with Gasteiger partial charge >= 0.3 is 5.97 Å². The minimum atomic E-state index is -4.14. The van der Waals surface area contributed by atoms with Gasteiger partial charge in [-0.3, -0.25) is 9.35 Å². The molecule has 2 unspecified atom stereocenters. The van der Waals surface area contributed by atoms with Crippen molar-refractivity contribution in [2.24, 2.45) is 11.8 Å². The number of carboxylic acid groups (broad SMARTS) is 1. The number of carbonyl (C=O) groups is 1. The summed E-state index contributed by atoms with van der Waals surface area (Å²) in [7, 11) is -3.65. The molecule has 0 aromatic rings. The van der Waals surface area contributed by atoms with Gasteiger partial charge < -0.3 is 9.59 Å². The van der Waals surface area contributed by atoms with Crippen LogP contribution >= 0.6 is 0 Å². The second-order valence-corrected chi connectivity index (χ2v) is 11.1. The van der Waals surface area contributed by atoms with E-state index >= 15 is 0 Å². The lowest BCUT2D eigenvalue weighted by molar-refractivity contribution is -0.880. The van der Waals surface area contributed by atoms with Crippen molar-refractivity contribution in [1.29, 1.82) is 0 Å². The van der Waals surface area contributed by atoms with Crippen molar-refractivity contribution in [3.8, 4) is 0 Å². The van der Waals surface area contributed by atoms with E-state index in [-0.39, 0.29) is 29.8 Å². The Balaban J connectivity index is 2.58. The summed E-state index contributed by atoms with van der Waals surface area (Å²) in [6, 6.07) is 0. The summed E-state index contributed by atoms with van der Waals surface area (Å²) in [6.07, 6.45) is 1.42. The van der Waals surface area contributed by atoms with Crippen molar-refractivity contribution >= 4 is 25.9 Å². The number of likely N-dealkylation sites (tertiary alicyclic amines) is 1. The number of hydrogen-bond donors (Lipinski definition) is 2. The van der Waals surface area contributed by atoms with E-state index in [1.54, 1.807) is 0 Å². The molecular weight excluding hydrogens is 358 g/mol. The van der Waals surface area contributed by atoms with Crippen LogP contribution < -0.4 is 0 Å². The molecule has 0 aliphatic carbocycles. The van der Waals surface area contributed by atoms with Crippen LogP contribution in [0.3, 0.4) is 0 Å². The van der Waals surface area contributed by atoms with Gasteiger partial charge in [-0.1, -0.05) is 6.42 Å². The average Bonchev–Trinajstić information content (AvgIpc) is 2.59. The van der Waals surface area contributed by atoms with Crippen molar-refractivity contribution in [3.63, 3.8) is 0 Å². The Morgan fingerprint density at radius 2 is 1.54 bits per heavy atom. The van der Waals surface area contributed by atoms with Crippen LogP contribution in [0.25, 0.3) is 0 Å². The molecule has 0 saturated carbocycles. The van der Waals surface area contributed by atoms with Gasteiger partial charge in [-0.2, -0.15) is 8.42 Å². The summed E-state index contributed by atoms with van der Waals surface area (Å²) in [5.74, 6) is -2.09. The monoisotopic (exact) mass is 386 g/mol. The van der Waals surface area contributed by atoms with E-state index in [1.807, 2.05) is 14.1 Å². The molecule has 1 aliphatic heterocycles. The highest BCUT2D eigenvalue weighted by Gasteiger charge is 2.43. The third kappa shape index (κ3) is 8.41. The number of sulfone groups is 1.